The van der Waals surface area contributed by atoms with Gasteiger partial charge in [-0.15, -0.1) is 0 Å². The fourth-order valence-corrected chi connectivity index (χ4v) is 3.44. The highest BCUT2D eigenvalue weighted by Gasteiger charge is 2.28. The molecule has 2 heterocycles. The van der Waals surface area contributed by atoms with E-state index in [4.69, 9.17) is 0 Å². The van der Waals surface area contributed by atoms with Crippen molar-refractivity contribution in [2.24, 2.45) is 0 Å². The first-order valence-electron chi connectivity index (χ1n) is 7.47. The van der Waals surface area contributed by atoms with Crippen LogP contribution in [0.3, 0.4) is 0 Å². The lowest BCUT2D eigenvalue weighted by atomic mass is 10.2. The number of sulfone groups is 1. The summed E-state index contributed by atoms with van der Waals surface area (Å²) < 4.78 is 63.5. The minimum absolute atomic E-state index is 0.0323. The summed E-state index contributed by atoms with van der Waals surface area (Å²) >= 11 is 0. The van der Waals surface area contributed by atoms with Crippen molar-refractivity contribution in [2.45, 2.75) is 12.7 Å². The predicted octanol–water partition coefficient (Wildman–Crippen LogP) is 0.369. The van der Waals surface area contributed by atoms with Crippen LogP contribution in [0.2, 0.25) is 0 Å². The van der Waals surface area contributed by atoms with Gasteiger partial charge in [-0.05, 0) is 11.6 Å². The van der Waals surface area contributed by atoms with Gasteiger partial charge < -0.3 is 10.1 Å². The first-order valence-corrected chi connectivity index (χ1v) is 9.29. The third kappa shape index (κ3) is 7.26. The van der Waals surface area contributed by atoms with E-state index in [1.807, 2.05) is 0 Å². The lowest BCUT2D eigenvalue weighted by Crippen LogP contribution is -2.45. The van der Waals surface area contributed by atoms with Crippen molar-refractivity contribution >= 4 is 15.7 Å². The average molecular weight is 381 g/mol. The number of nitrogens with zero attached hydrogens (tertiary/aromatic N) is 2. The Morgan fingerprint density at radius 3 is 2.64 bits per heavy atom. The summed E-state index contributed by atoms with van der Waals surface area (Å²) in [6.45, 7) is -0.650. The summed E-state index contributed by atoms with van der Waals surface area (Å²) in [7, 11) is -3.00. The quantitative estimate of drug-likeness (QED) is 0.766. The van der Waals surface area contributed by atoms with Crippen molar-refractivity contribution in [2.75, 3.05) is 37.7 Å². The molecule has 1 aromatic rings. The molecule has 0 atom stereocenters. The standard InChI is InChI=1S/C14H18F3N3O4S/c15-14(16,17)10-24-13-7-11(1-2-18-13)8-19-12(21)9-20-3-5-25(22,23)6-4-20/h1-2,7H,3-6,8-10H2,(H,19,21). The molecule has 0 spiro atoms. The number of nitrogens with one attached hydrogen (secondary N) is 1. The summed E-state index contributed by atoms with van der Waals surface area (Å²) in [5.74, 6) is -0.408. The molecule has 0 unspecified atom stereocenters. The molecule has 1 fully saturated rings. The number of amides is 1. The molecule has 11 heteroatoms. The number of carbonyl (C=O) groups excluding carboxylic acids is 1. The third-order valence-corrected chi connectivity index (χ3v) is 5.09. The third-order valence-electron chi connectivity index (χ3n) is 3.48. The molecule has 1 saturated heterocycles. The zero-order valence-electron chi connectivity index (χ0n) is 13.3. The van der Waals surface area contributed by atoms with E-state index in [0.717, 1.165) is 0 Å². The normalized spacial score (nSPS) is 17.9. The molecule has 2 rings (SSSR count). The maximum absolute atomic E-state index is 12.1. The first-order chi connectivity index (χ1) is 11.6. The van der Waals surface area contributed by atoms with Crippen LogP contribution in [-0.2, 0) is 21.2 Å². The van der Waals surface area contributed by atoms with Gasteiger partial charge in [0.15, 0.2) is 16.4 Å². The Hall–Kier alpha value is -1.88. The van der Waals surface area contributed by atoms with E-state index < -0.39 is 22.6 Å². The van der Waals surface area contributed by atoms with Crippen molar-refractivity contribution in [1.29, 1.82) is 0 Å². The highest BCUT2D eigenvalue weighted by molar-refractivity contribution is 7.91. The second-order valence-electron chi connectivity index (χ2n) is 5.61. The van der Waals surface area contributed by atoms with Crippen LogP contribution >= 0.6 is 0 Å². The van der Waals surface area contributed by atoms with Crippen LogP contribution in [0.4, 0.5) is 13.2 Å². The van der Waals surface area contributed by atoms with E-state index >= 15 is 0 Å². The van der Waals surface area contributed by atoms with Crippen LogP contribution in [0.5, 0.6) is 5.88 Å². The Labute approximate surface area is 143 Å². The fourth-order valence-electron chi connectivity index (χ4n) is 2.16. The number of alkyl halides is 3. The lowest BCUT2D eigenvalue weighted by Gasteiger charge is -2.25. The molecule has 1 amide bonds. The van der Waals surface area contributed by atoms with Crippen molar-refractivity contribution in [1.82, 2.24) is 15.2 Å². The van der Waals surface area contributed by atoms with Gasteiger partial charge >= 0.3 is 6.18 Å². The van der Waals surface area contributed by atoms with Gasteiger partial charge in [-0.25, -0.2) is 13.4 Å². The molecule has 0 radical (unpaired) electrons. The molecular formula is C14H18F3N3O4S. The molecule has 1 N–H and O–H groups in total. The van der Waals surface area contributed by atoms with Crippen molar-refractivity contribution < 1.29 is 31.1 Å². The van der Waals surface area contributed by atoms with Crippen molar-refractivity contribution in [3.05, 3.63) is 23.9 Å². The Kier molecular flexibility index (Phi) is 6.22. The largest absolute Gasteiger partial charge is 0.468 e. The number of ether oxygens (including phenoxy) is 1. The highest BCUT2D eigenvalue weighted by atomic mass is 32.2. The number of halogens is 3. The average Bonchev–Trinajstić information content (AvgIpc) is 2.53. The van der Waals surface area contributed by atoms with Crippen LogP contribution in [0.1, 0.15) is 5.56 Å². The van der Waals surface area contributed by atoms with Crippen LogP contribution in [0.15, 0.2) is 18.3 Å². The Morgan fingerprint density at radius 2 is 2.00 bits per heavy atom. The predicted molar refractivity (Wildman–Crippen MR) is 82.7 cm³/mol. The van der Waals surface area contributed by atoms with Crippen LogP contribution in [0, 0.1) is 0 Å². The maximum atomic E-state index is 12.1. The molecule has 7 nitrogen and oxygen atoms in total. The zero-order valence-corrected chi connectivity index (χ0v) is 14.1. The van der Waals surface area contributed by atoms with E-state index in [9.17, 15) is 26.4 Å². The second-order valence-corrected chi connectivity index (χ2v) is 7.91. The van der Waals surface area contributed by atoms with Gasteiger partial charge in [-0.2, -0.15) is 13.2 Å². The SMILES string of the molecule is O=C(CN1CCS(=O)(=O)CC1)NCc1ccnc(OCC(F)(F)F)c1. The molecular weight excluding hydrogens is 363 g/mol. The minimum atomic E-state index is -4.45. The molecule has 1 aliphatic heterocycles. The number of hydrogen-bond donors (Lipinski definition) is 1. The zero-order chi connectivity index (χ0) is 18.5. The Morgan fingerprint density at radius 1 is 1.32 bits per heavy atom. The van der Waals surface area contributed by atoms with Gasteiger partial charge in [-0.3, -0.25) is 9.69 Å². The van der Waals surface area contributed by atoms with Gasteiger partial charge in [0, 0.05) is 31.9 Å². The fraction of sp³-hybridized carbons (Fsp3) is 0.571. The van der Waals surface area contributed by atoms with Gasteiger partial charge in [-0.1, -0.05) is 0 Å². The topological polar surface area (TPSA) is 88.6 Å². The number of rotatable bonds is 6. The summed E-state index contributed by atoms with van der Waals surface area (Å²) in [6.07, 6.45) is -3.16. The van der Waals surface area contributed by atoms with E-state index in [-0.39, 0.29) is 36.4 Å². The van der Waals surface area contributed by atoms with Crippen molar-refractivity contribution in [3.63, 3.8) is 0 Å². The first kappa shape index (κ1) is 19.4. The Balaban J connectivity index is 1.78. The van der Waals surface area contributed by atoms with Gasteiger partial charge in [0.05, 0.1) is 18.1 Å². The minimum Gasteiger partial charge on any atom is -0.468 e. The molecule has 140 valence electrons. The number of pyridine rings is 1. The molecule has 1 aromatic heterocycles. The molecule has 0 aromatic carbocycles. The van der Waals surface area contributed by atoms with Gasteiger partial charge in [0.25, 0.3) is 0 Å². The maximum Gasteiger partial charge on any atom is 0.422 e. The summed E-state index contributed by atoms with van der Waals surface area (Å²) in [5.41, 5.74) is 0.543. The van der Waals surface area contributed by atoms with E-state index in [0.29, 0.717) is 18.7 Å². The Bertz CT molecular complexity index is 696. The molecule has 25 heavy (non-hydrogen) atoms. The molecule has 1 aliphatic rings. The molecule has 0 saturated carbocycles. The summed E-state index contributed by atoms with van der Waals surface area (Å²) in [4.78, 5) is 17.3. The van der Waals surface area contributed by atoms with Gasteiger partial charge in [0.1, 0.15) is 0 Å². The van der Waals surface area contributed by atoms with Crippen molar-refractivity contribution in [3.8, 4) is 5.88 Å². The summed E-state index contributed by atoms with van der Waals surface area (Å²) in [5, 5.41) is 2.63. The monoisotopic (exact) mass is 381 g/mol. The van der Waals surface area contributed by atoms with Crippen LogP contribution < -0.4 is 10.1 Å². The lowest BCUT2D eigenvalue weighted by molar-refractivity contribution is -0.154. The number of hydrogen-bond acceptors (Lipinski definition) is 6. The smallest absolute Gasteiger partial charge is 0.422 e. The van der Waals surface area contributed by atoms with Crippen LogP contribution in [-0.4, -0.2) is 68.1 Å². The highest BCUT2D eigenvalue weighted by Crippen LogP contribution is 2.17. The van der Waals surface area contributed by atoms with E-state index in [2.05, 4.69) is 15.0 Å². The molecule has 0 aliphatic carbocycles. The second kappa shape index (κ2) is 8.00. The number of carbonyl (C=O) groups is 1. The molecule has 0 bridgehead atoms. The van der Waals surface area contributed by atoms with E-state index in [1.165, 1.54) is 12.3 Å². The number of aromatic nitrogens is 1. The van der Waals surface area contributed by atoms with Crippen LogP contribution in [0.25, 0.3) is 0 Å². The summed E-state index contributed by atoms with van der Waals surface area (Å²) in [6, 6.07) is 2.87. The van der Waals surface area contributed by atoms with Gasteiger partial charge in [0.2, 0.25) is 11.8 Å². The van der Waals surface area contributed by atoms with E-state index in [1.54, 1.807) is 11.0 Å².